The molecule has 2 aromatic rings. The van der Waals surface area contributed by atoms with Crippen molar-refractivity contribution >= 4 is 0 Å². The van der Waals surface area contributed by atoms with E-state index in [-0.39, 0.29) is 7.43 Å². The first kappa shape index (κ1) is 21.5. The predicted molar refractivity (Wildman–Crippen MR) is 121 cm³/mol. The SMILES string of the molecule is C.C1=CC2CCC1C2.Oc1ccccc1.c1ccc(OC2CC3CCC2C3)cc1. The minimum atomic E-state index is 0. The highest BCUT2D eigenvalue weighted by atomic mass is 16.5. The molecule has 6 rings (SSSR count). The highest BCUT2D eigenvalue weighted by Gasteiger charge is 2.40. The molecule has 2 heteroatoms. The number of benzene rings is 2. The normalized spacial score (nSPS) is 29.9. The number of fused-ring (bicyclic) bond motifs is 4. The Hall–Kier alpha value is -2.22. The van der Waals surface area contributed by atoms with Crippen molar-refractivity contribution in [2.24, 2.45) is 23.7 Å². The molecule has 0 saturated heterocycles. The molecule has 29 heavy (non-hydrogen) atoms. The maximum Gasteiger partial charge on any atom is 0.119 e. The van der Waals surface area contributed by atoms with E-state index in [0.29, 0.717) is 11.9 Å². The first-order valence-electron chi connectivity index (χ1n) is 10.9. The average molecular weight is 393 g/mol. The van der Waals surface area contributed by atoms with Crippen LogP contribution >= 0.6 is 0 Å². The molecule has 0 spiro atoms. The molecular formula is C27H36O2. The second-order valence-electron chi connectivity index (χ2n) is 8.70. The van der Waals surface area contributed by atoms with Gasteiger partial charge in [0.05, 0.1) is 0 Å². The van der Waals surface area contributed by atoms with E-state index in [0.717, 1.165) is 29.4 Å². The van der Waals surface area contributed by atoms with Gasteiger partial charge in [0.25, 0.3) is 0 Å². The number of phenols is 1. The highest BCUT2D eigenvalue weighted by Crippen LogP contribution is 2.45. The van der Waals surface area contributed by atoms with Crippen LogP contribution < -0.4 is 4.74 Å². The highest BCUT2D eigenvalue weighted by molar-refractivity contribution is 5.21. The Balaban J connectivity index is 0.000000136. The van der Waals surface area contributed by atoms with Gasteiger partial charge in [-0.2, -0.15) is 0 Å². The number of phenolic OH excluding ortho intramolecular Hbond substituents is 1. The molecule has 4 bridgehead atoms. The molecule has 1 N–H and O–H groups in total. The van der Waals surface area contributed by atoms with Gasteiger partial charge in [-0.1, -0.05) is 56.0 Å². The Bertz CT molecular complexity index is 728. The summed E-state index contributed by atoms with van der Waals surface area (Å²) in [6.07, 6.45) is 15.2. The third kappa shape index (κ3) is 6.13. The molecule has 2 nitrogen and oxygen atoms in total. The smallest absolute Gasteiger partial charge is 0.119 e. The Labute approximate surface area is 176 Å². The summed E-state index contributed by atoms with van der Waals surface area (Å²) in [5.74, 6) is 5.16. The van der Waals surface area contributed by atoms with Crippen molar-refractivity contribution in [2.45, 2.75) is 58.5 Å². The van der Waals surface area contributed by atoms with Crippen LogP contribution in [0.25, 0.3) is 0 Å². The van der Waals surface area contributed by atoms with E-state index < -0.39 is 0 Å². The Kier molecular flexibility index (Phi) is 7.80. The van der Waals surface area contributed by atoms with E-state index in [1.807, 2.05) is 24.3 Å². The van der Waals surface area contributed by atoms with Crippen LogP contribution in [0.15, 0.2) is 72.8 Å². The minimum Gasteiger partial charge on any atom is -0.508 e. The number of para-hydroxylation sites is 2. The largest absolute Gasteiger partial charge is 0.508 e. The molecule has 3 saturated carbocycles. The predicted octanol–water partition coefficient (Wildman–Crippen LogP) is 7.25. The van der Waals surface area contributed by atoms with Crippen molar-refractivity contribution < 1.29 is 9.84 Å². The molecule has 4 aliphatic carbocycles. The van der Waals surface area contributed by atoms with E-state index in [1.54, 1.807) is 24.3 Å². The van der Waals surface area contributed by atoms with Crippen LogP contribution in [0.1, 0.15) is 52.4 Å². The standard InChI is InChI=1S/C13H16O.C7H10.C6H6O.CH4/c1-2-4-12(5-3-1)14-13-9-10-6-7-11(13)8-10;1-2-7-4-3-6(1)5-7;7-6-4-2-1-3-5-6;/h1-5,10-11,13H,6-9H2;1-2,6-7H,3-5H2;1-5,7H;1H4. The molecule has 0 aromatic heterocycles. The summed E-state index contributed by atoms with van der Waals surface area (Å²) < 4.78 is 6.01. The molecule has 5 atom stereocenters. The van der Waals surface area contributed by atoms with Crippen LogP contribution in [0.4, 0.5) is 0 Å². The fourth-order valence-electron chi connectivity index (χ4n) is 5.15. The van der Waals surface area contributed by atoms with Crippen molar-refractivity contribution in [3.63, 3.8) is 0 Å². The maximum atomic E-state index is 8.63. The second-order valence-corrected chi connectivity index (χ2v) is 8.70. The number of hydrogen-bond acceptors (Lipinski definition) is 2. The van der Waals surface area contributed by atoms with Crippen molar-refractivity contribution in [3.05, 3.63) is 72.8 Å². The molecule has 3 fully saturated rings. The van der Waals surface area contributed by atoms with Gasteiger partial charge in [-0.25, -0.2) is 0 Å². The minimum absolute atomic E-state index is 0. The first-order chi connectivity index (χ1) is 13.8. The van der Waals surface area contributed by atoms with Gasteiger partial charge in [-0.05, 0) is 92.9 Å². The lowest BCUT2D eigenvalue weighted by Gasteiger charge is -2.22. The number of allylic oxidation sites excluding steroid dienone is 2. The Morgan fingerprint density at radius 3 is 1.69 bits per heavy atom. The number of ether oxygens (including phenoxy) is 1. The zero-order valence-electron chi connectivity index (χ0n) is 16.6. The molecule has 0 heterocycles. The van der Waals surface area contributed by atoms with Gasteiger partial charge < -0.3 is 9.84 Å². The van der Waals surface area contributed by atoms with Crippen LogP contribution in [0.3, 0.4) is 0 Å². The number of aromatic hydroxyl groups is 1. The van der Waals surface area contributed by atoms with E-state index in [9.17, 15) is 0 Å². The molecule has 5 unspecified atom stereocenters. The summed E-state index contributed by atoms with van der Waals surface area (Å²) in [6, 6.07) is 19.0. The lowest BCUT2D eigenvalue weighted by molar-refractivity contribution is 0.138. The fourth-order valence-corrected chi connectivity index (χ4v) is 5.15. The van der Waals surface area contributed by atoms with Gasteiger partial charge in [-0.15, -0.1) is 0 Å². The van der Waals surface area contributed by atoms with Crippen LogP contribution in [-0.4, -0.2) is 11.2 Å². The maximum absolute atomic E-state index is 8.63. The number of hydrogen-bond donors (Lipinski definition) is 1. The zero-order chi connectivity index (χ0) is 19.2. The van der Waals surface area contributed by atoms with E-state index in [2.05, 4.69) is 24.3 Å². The van der Waals surface area contributed by atoms with Crippen molar-refractivity contribution in [1.82, 2.24) is 0 Å². The fraction of sp³-hybridized carbons (Fsp3) is 0.481. The van der Waals surface area contributed by atoms with Crippen molar-refractivity contribution in [3.8, 4) is 11.5 Å². The number of rotatable bonds is 2. The lowest BCUT2D eigenvalue weighted by atomic mass is 9.98. The summed E-state index contributed by atoms with van der Waals surface area (Å²) in [7, 11) is 0. The zero-order valence-corrected chi connectivity index (χ0v) is 16.6. The molecular weight excluding hydrogens is 356 g/mol. The topological polar surface area (TPSA) is 29.5 Å². The first-order valence-corrected chi connectivity index (χ1v) is 10.9. The molecule has 0 amide bonds. The molecule has 0 radical (unpaired) electrons. The third-order valence-corrected chi connectivity index (χ3v) is 6.63. The Morgan fingerprint density at radius 2 is 1.31 bits per heavy atom. The van der Waals surface area contributed by atoms with Crippen LogP contribution in [0.5, 0.6) is 11.5 Å². The third-order valence-electron chi connectivity index (χ3n) is 6.63. The molecule has 156 valence electrons. The van der Waals surface area contributed by atoms with Gasteiger partial charge >= 0.3 is 0 Å². The monoisotopic (exact) mass is 392 g/mol. The van der Waals surface area contributed by atoms with Gasteiger partial charge in [0.2, 0.25) is 0 Å². The summed E-state index contributed by atoms with van der Waals surface area (Å²) in [4.78, 5) is 0. The van der Waals surface area contributed by atoms with Crippen molar-refractivity contribution in [1.29, 1.82) is 0 Å². The summed E-state index contributed by atoms with van der Waals surface area (Å²) in [5, 5.41) is 8.63. The second kappa shape index (κ2) is 10.5. The lowest BCUT2D eigenvalue weighted by Crippen LogP contribution is -2.23. The Morgan fingerprint density at radius 1 is 0.690 bits per heavy atom. The van der Waals surface area contributed by atoms with Gasteiger partial charge in [0, 0.05) is 0 Å². The van der Waals surface area contributed by atoms with Gasteiger partial charge in [0.1, 0.15) is 17.6 Å². The van der Waals surface area contributed by atoms with E-state index in [4.69, 9.17) is 9.84 Å². The molecule has 0 aliphatic heterocycles. The average Bonchev–Trinajstić information content (AvgIpc) is 3.53. The summed E-state index contributed by atoms with van der Waals surface area (Å²) in [6.45, 7) is 0. The summed E-state index contributed by atoms with van der Waals surface area (Å²) in [5.41, 5.74) is 0. The van der Waals surface area contributed by atoms with E-state index >= 15 is 0 Å². The van der Waals surface area contributed by atoms with E-state index in [1.165, 1.54) is 44.9 Å². The summed E-state index contributed by atoms with van der Waals surface area (Å²) >= 11 is 0. The van der Waals surface area contributed by atoms with Crippen LogP contribution in [0.2, 0.25) is 0 Å². The quantitative estimate of drug-likeness (QED) is 0.545. The van der Waals surface area contributed by atoms with Gasteiger partial charge in [-0.3, -0.25) is 0 Å². The molecule has 4 aliphatic rings. The van der Waals surface area contributed by atoms with Crippen LogP contribution in [-0.2, 0) is 0 Å². The molecule has 2 aromatic carbocycles. The van der Waals surface area contributed by atoms with Gasteiger partial charge in [0.15, 0.2) is 0 Å². The van der Waals surface area contributed by atoms with Crippen LogP contribution in [0, 0.1) is 23.7 Å². The van der Waals surface area contributed by atoms with Crippen molar-refractivity contribution in [2.75, 3.05) is 0 Å².